The van der Waals surface area contributed by atoms with Gasteiger partial charge in [0.25, 0.3) is 10.1 Å². The van der Waals surface area contributed by atoms with Gasteiger partial charge >= 0.3 is 0 Å². The Morgan fingerprint density at radius 3 is 1.45 bits per heavy atom. The second-order valence-electron chi connectivity index (χ2n) is 11.8. The van der Waals surface area contributed by atoms with Crippen LogP contribution in [0.4, 0.5) is 0 Å². The van der Waals surface area contributed by atoms with Gasteiger partial charge in [-0.05, 0) is 66.8 Å². The van der Waals surface area contributed by atoms with Crippen LogP contribution in [-0.4, -0.2) is 13.0 Å². The average molecular weight is 571 g/mol. The Hall–Kier alpha value is -1.65. The van der Waals surface area contributed by atoms with Crippen molar-refractivity contribution in [3.8, 4) is 11.1 Å². The molecule has 0 aromatic heterocycles. The molecule has 0 unspecified atom stereocenters. The van der Waals surface area contributed by atoms with E-state index in [0.717, 1.165) is 61.6 Å². The Morgan fingerprint density at radius 2 is 0.975 bits per heavy atom. The van der Waals surface area contributed by atoms with Crippen molar-refractivity contribution in [2.45, 2.75) is 161 Å². The summed E-state index contributed by atoms with van der Waals surface area (Å²) in [7, 11) is -4.36. The van der Waals surface area contributed by atoms with E-state index in [1.54, 1.807) is 0 Å². The standard InChI is InChI=1S/C36H58O3S/c1-4-7-10-13-16-20-27-32-30-35(40(37,38)39)36(31-25-21-19-22-26-31)34(29-24-18-15-12-9-6-3)33(32)28-23-17-14-11-8-5-2/h19,21-22,25-26,30H,4-18,20,23-24,27-29H2,1-3H3,(H,37,38,39). The second-order valence-corrected chi connectivity index (χ2v) is 13.2. The minimum absolute atomic E-state index is 0.104. The molecule has 0 atom stereocenters. The number of rotatable bonds is 23. The second kappa shape index (κ2) is 20.3. The van der Waals surface area contributed by atoms with Gasteiger partial charge in [-0.2, -0.15) is 8.42 Å². The zero-order valence-electron chi connectivity index (χ0n) is 26.0. The van der Waals surface area contributed by atoms with E-state index in [9.17, 15) is 13.0 Å². The van der Waals surface area contributed by atoms with Gasteiger partial charge in [0.15, 0.2) is 0 Å². The number of hydrogen-bond acceptors (Lipinski definition) is 2. The minimum atomic E-state index is -4.36. The lowest BCUT2D eigenvalue weighted by atomic mass is 9.85. The number of hydrogen-bond donors (Lipinski definition) is 1. The Labute approximate surface area is 247 Å². The molecule has 0 spiro atoms. The van der Waals surface area contributed by atoms with E-state index < -0.39 is 10.1 Å². The molecule has 2 aromatic carbocycles. The van der Waals surface area contributed by atoms with Crippen LogP contribution in [0.25, 0.3) is 11.1 Å². The van der Waals surface area contributed by atoms with Gasteiger partial charge in [-0.1, -0.05) is 147 Å². The van der Waals surface area contributed by atoms with Gasteiger partial charge in [0.2, 0.25) is 0 Å². The molecule has 0 radical (unpaired) electrons. The summed E-state index contributed by atoms with van der Waals surface area (Å²) < 4.78 is 36.2. The SMILES string of the molecule is CCCCCCCCc1cc(S(=O)(=O)O)c(-c2ccccc2)c(CCCCCCCC)c1CCCCCCCC. The van der Waals surface area contributed by atoms with Crippen LogP contribution < -0.4 is 0 Å². The van der Waals surface area contributed by atoms with Gasteiger partial charge in [-0.3, -0.25) is 4.55 Å². The molecule has 0 aliphatic heterocycles. The van der Waals surface area contributed by atoms with Crippen molar-refractivity contribution in [2.75, 3.05) is 0 Å². The molecule has 226 valence electrons. The maximum atomic E-state index is 12.9. The molecular formula is C36H58O3S. The summed E-state index contributed by atoms with van der Waals surface area (Å²) in [4.78, 5) is 0.104. The smallest absolute Gasteiger partial charge is 0.282 e. The molecule has 0 saturated carbocycles. The van der Waals surface area contributed by atoms with E-state index >= 15 is 0 Å². The van der Waals surface area contributed by atoms with Crippen molar-refractivity contribution in [3.63, 3.8) is 0 Å². The lowest BCUT2D eigenvalue weighted by Crippen LogP contribution is -2.11. The maximum Gasteiger partial charge on any atom is 0.295 e. The van der Waals surface area contributed by atoms with Crippen molar-refractivity contribution in [3.05, 3.63) is 53.1 Å². The van der Waals surface area contributed by atoms with E-state index in [0.29, 0.717) is 0 Å². The largest absolute Gasteiger partial charge is 0.295 e. The molecule has 4 heteroatoms. The highest BCUT2D eigenvalue weighted by atomic mass is 32.2. The van der Waals surface area contributed by atoms with E-state index in [1.165, 1.54) is 101 Å². The highest BCUT2D eigenvalue weighted by Gasteiger charge is 2.25. The fourth-order valence-electron chi connectivity index (χ4n) is 6.01. The lowest BCUT2D eigenvalue weighted by Gasteiger charge is -2.23. The van der Waals surface area contributed by atoms with Gasteiger partial charge in [0, 0.05) is 5.56 Å². The summed E-state index contributed by atoms with van der Waals surface area (Å²) >= 11 is 0. The van der Waals surface area contributed by atoms with Gasteiger partial charge in [-0.15, -0.1) is 0 Å². The molecule has 3 nitrogen and oxygen atoms in total. The summed E-state index contributed by atoms with van der Waals surface area (Å²) in [6, 6.07) is 11.7. The van der Waals surface area contributed by atoms with Crippen LogP contribution in [0, 0.1) is 0 Å². The van der Waals surface area contributed by atoms with Gasteiger partial charge in [-0.25, -0.2) is 0 Å². The predicted molar refractivity (Wildman–Crippen MR) is 173 cm³/mol. The third-order valence-corrected chi connectivity index (χ3v) is 9.18. The third-order valence-electron chi connectivity index (χ3n) is 8.31. The fraction of sp³-hybridized carbons (Fsp3) is 0.667. The summed E-state index contributed by atoms with van der Waals surface area (Å²) in [6.07, 6.45) is 24.7. The molecule has 0 saturated heterocycles. The fourth-order valence-corrected chi connectivity index (χ4v) is 6.80. The Balaban J connectivity index is 2.48. The van der Waals surface area contributed by atoms with Crippen molar-refractivity contribution < 1.29 is 13.0 Å². The highest BCUT2D eigenvalue weighted by Crippen LogP contribution is 2.38. The van der Waals surface area contributed by atoms with E-state index in [1.807, 2.05) is 36.4 Å². The van der Waals surface area contributed by atoms with Crippen molar-refractivity contribution in [1.82, 2.24) is 0 Å². The van der Waals surface area contributed by atoms with E-state index in [4.69, 9.17) is 0 Å². The molecule has 1 N–H and O–H groups in total. The number of benzene rings is 2. The Morgan fingerprint density at radius 1 is 0.550 bits per heavy atom. The minimum Gasteiger partial charge on any atom is -0.282 e. The first-order valence-electron chi connectivity index (χ1n) is 16.6. The summed E-state index contributed by atoms with van der Waals surface area (Å²) in [5, 5.41) is 0. The van der Waals surface area contributed by atoms with Crippen LogP contribution in [0.5, 0.6) is 0 Å². The van der Waals surface area contributed by atoms with E-state index in [2.05, 4.69) is 20.8 Å². The Bertz CT molecular complexity index is 1040. The molecule has 0 aliphatic rings. The average Bonchev–Trinajstić information content (AvgIpc) is 2.94. The first-order chi connectivity index (χ1) is 19.4. The number of unbranched alkanes of at least 4 members (excludes halogenated alkanes) is 15. The molecule has 0 fully saturated rings. The monoisotopic (exact) mass is 570 g/mol. The quantitative estimate of drug-likeness (QED) is 0.107. The lowest BCUT2D eigenvalue weighted by molar-refractivity contribution is 0.483. The first-order valence-corrected chi connectivity index (χ1v) is 18.1. The molecule has 0 aliphatic carbocycles. The molecular weight excluding hydrogens is 512 g/mol. The van der Waals surface area contributed by atoms with Crippen LogP contribution in [0.3, 0.4) is 0 Å². The number of aryl methyl sites for hydroxylation is 1. The van der Waals surface area contributed by atoms with Crippen LogP contribution in [-0.2, 0) is 29.4 Å². The normalized spacial score (nSPS) is 11.8. The van der Waals surface area contributed by atoms with Crippen LogP contribution in [0.2, 0.25) is 0 Å². The highest BCUT2D eigenvalue weighted by molar-refractivity contribution is 7.86. The third kappa shape index (κ3) is 12.5. The maximum absolute atomic E-state index is 12.9. The molecule has 0 bridgehead atoms. The zero-order chi connectivity index (χ0) is 29.1. The Kier molecular flexibility index (Phi) is 17.5. The molecule has 2 aromatic rings. The first kappa shape index (κ1) is 34.6. The topological polar surface area (TPSA) is 54.4 Å². The van der Waals surface area contributed by atoms with Crippen molar-refractivity contribution >= 4 is 10.1 Å². The van der Waals surface area contributed by atoms with Crippen LogP contribution >= 0.6 is 0 Å². The summed E-state index contributed by atoms with van der Waals surface area (Å²) in [5.74, 6) is 0. The van der Waals surface area contributed by atoms with Gasteiger partial charge < -0.3 is 0 Å². The van der Waals surface area contributed by atoms with Crippen molar-refractivity contribution in [1.29, 1.82) is 0 Å². The zero-order valence-corrected chi connectivity index (χ0v) is 26.8. The molecule has 40 heavy (non-hydrogen) atoms. The van der Waals surface area contributed by atoms with E-state index in [-0.39, 0.29) is 4.90 Å². The van der Waals surface area contributed by atoms with Gasteiger partial charge in [0.05, 0.1) is 0 Å². The molecule has 2 rings (SSSR count). The summed E-state index contributed by atoms with van der Waals surface area (Å²) in [5.41, 5.74) is 5.32. The predicted octanol–water partition coefficient (Wildman–Crippen LogP) is 11.3. The molecule has 0 heterocycles. The summed E-state index contributed by atoms with van der Waals surface area (Å²) in [6.45, 7) is 6.74. The van der Waals surface area contributed by atoms with Gasteiger partial charge in [0.1, 0.15) is 4.90 Å². The van der Waals surface area contributed by atoms with Crippen molar-refractivity contribution in [2.24, 2.45) is 0 Å². The van der Waals surface area contributed by atoms with Crippen LogP contribution in [0.15, 0.2) is 41.3 Å². The molecule has 0 amide bonds. The van der Waals surface area contributed by atoms with Crippen LogP contribution in [0.1, 0.15) is 153 Å².